The van der Waals surface area contributed by atoms with Crippen molar-refractivity contribution in [2.24, 2.45) is 17.6 Å². The molecular weight excluding hydrogens is 236 g/mol. The van der Waals surface area contributed by atoms with Crippen LogP contribution in [0, 0.1) is 11.8 Å². The highest BCUT2D eigenvalue weighted by Gasteiger charge is 2.52. The highest BCUT2D eigenvalue weighted by atomic mass is 16.5. The monoisotopic (exact) mass is 268 g/mol. The zero-order chi connectivity index (χ0) is 14.3. The maximum atomic E-state index is 6.44. The molecular formula is C16H32N2O. The van der Waals surface area contributed by atoms with Gasteiger partial charge in [-0.15, -0.1) is 0 Å². The van der Waals surface area contributed by atoms with E-state index in [1.165, 1.54) is 32.2 Å². The Morgan fingerprint density at radius 2 is 1.63 bits per heavy atom. The van der Waals surface area contributed by atoms with Crippen LogP contribution in [0.2, 0.25) is 0 Å². The van der Waals surface area contributed by atoms with Crippen molar-refractivity contribution in [3.63, 3.8) is 0 Å². The molecule has 2 unspecified atom stereocenters. The van der Waals surface area contributed by atoms with Crippen molar-refractivity contribution in [2.75, 3.05) is 20.1 Å². The average molecular weight is 268 g/mol. The summed E-state index contributed by atoms with van der Waals surface area (Å²) in [5.74, 6) is 1.31. The first kappa shape index (κ1) is 15.3. The summed E-state index contributed by atoms with van der Waals surface area (Å²) in [6.07, 6.45) is 5.66. The maximum absolute atomic E-state index is 6.44. The van der Waals surface area contributed by atoms with E-state index in [9.17, 15) is 0 Å². The van der Waals surface area contributed by atoms with Crippen molar-refractivity contribution in [1.29, 1.82) is 0 Å². The van der Waals surface area contributed by atoms with Gasteiger partial charge in [0.1, 0.15) is 0 Å². The van der Waals surface area contributed by atoms with Crippen molar-refractivity contribution in [3.8, 4) is 0 Å². The van der Waals surface area contributed by atoms with E-state index in [-0.39, 0.29) is 17.2 Å². The Hall–Kier alpha value is -0.120. The Balaban J connectivity index is 1.93. The fourth-order valence-corrected chi connectivity index (χ4v) is 4.12. The third-order valence-corrected chi connectivity index (χ3v) is 5.21. The van der Waals surface area contributed by atoms with E-state index < -0.39 is 0 Å². The molecule has 0 aromatic rings. The lowest BCUT2D eigenvalue weighted by Gasteiger charge is -2.32. The van der Waals surface area contributed by atoms with Crippen LogP contribution in [0.25, 0.3) is 0 Å². The largest absolute Gasteiger partial charge is 0.368 e. The van der Waals surface area contributed by atoms with Crippen LogP contribution in [-0.2, 0) is 4.74 Å². The van der Waals surface area contributed by atoms with Gasteiger partial charge in [-0.3, -0.25) is 0 Å². The van der Waals surface area contributed by atoms with E-state index in [1.54, 1.807) is 0 Å². The van der Waals surface area contributed by atoms with E-state index in [0.29, 0.717) is 5.92 Å². The molecule has 112 valence electrons. The second-order valence-electron chi connectivity index (χ2n) is 7.81. The topological polar surface area (TPSA) is 38.5 Å². The van der Waals surface area contributed by atoms with Gasteiger partial charge in [0, 0.05) is 25.0 Å². The van der Waals surface area contributed by atoms with Crippen LogP contribution in [-0.4, -0.2) is 42.3 Å². The molecule has 1 saturated heterocycles. The Bertz CT molecular complexity index is 308. The summed E-state index contributed by atoms with van der Waals surface area (Å²) in [4.78, 5) is 2.48. The molecule has 0 amide bonds. The number of nitrogens with two attached hydrogens (primary N) is 1. The first-order valence-corrected chi connectivity index (χ1v) is 7.86. The first-order chi connectivity index (χ1) is 8.72. The SMILES string of the molecule is CN(CC1CCCC1)CC1C(N)C(C)(C)OC1(C)C. The lowest BCUT2D eigenvalue weighted by Crippen LogP contribution is -2.48. The van der Waals surface area contributed by atoms with Gasteiger partial charge in [-0.2, -0.15) is 0 Å². The van der Waals surface area contributed by atoms with E-state index in [4.69, 9.17) is 10.5 Å². The first-order valence-electron chi connectivity index (χ1n) is 7.86. The standard InChI is InChI=1S/C16H32N2O/c1-15(2)13(14(17)16(3,4)19-15)11-18(5)10-12-8-6-7-9-12/h12-14H,6-11,17H2,1-5H3. The average Bonchev–Trinajstić information content (AvgIpc) is 2.80. The van der Waals surface area contributed by atoms with Crippen LogP contribution < -0.4 is 5.73 Å². The molecule has 0 bridgehead atoms. The lowest BCUT2D eigenvalue weighted by atomic mass is 9.82. The van der Waals surface area contributed by atoms with Crippen LogP contribution in [0.1, 0.15) is 53.4 Å². The molecule has 0 aromatic carbocycles. The summed E-state index contributed by atoms with van der Waals surface area (Å²) in [7, 11) is 2.24. The molecule has 1 aliphatic heterocycles. The Morgan fingerprint density at radius 1 is 1.05 bits per heavy atom. The van der Waals surface area contributed by atoms with Gasteiger partial charge in [-0.1, -0.05) is 12.8 Å². The van der Waals surface area contributed by atoms with Crippen molar-refractivity contribution in [3.05, 3.63) is 0 Å². The second-order valence-corrected chi connectivity index (χ2v) is 7.81. The van der Waals surface area contributed by atoms with Crippen LogP contribution in [0.3, 0.4) is 0 Å². The third kappa shape index (κ3) is 3.32. The minimum Gasteiger partial charge on any atom is -0.368 e. The van der Waals surface area contributed by atoms with Crippen molar-refractivity contribution < 1.29 is 4.74 Å². The molecule has 19 heavy (non-hydrogen) atoms. The molecule has 2 fully saturated rings. The minimum absolute atomic E-state index is 0.118. The molecule has 2 N–H and O–H groups in total. The van der Waals surface area contributed by atoms with Gasteiger partial charge in [-0.25, -0.2) is 0 Å². The quantitative estimate of drug-likeness (QED) is 0.852. The Kier molecular flexibility index (Phi) is 4.29. The molecule has 0 spiro atoms. The Morgan fingerprint density at radius 3 is 2.11 bits per heavy atom. The van der Waals surface area contributed by atoms with Gasteiger partial charge < -0.3 is 15.4 Å². The molecule has 1 aliphatic carbocycles. The molecule has 1 saturated carbocycles. The maximum Gasteiger partial charge on any atom is 0.0788 e. The minimum atomic E-state index is -0.206. The lowest BCUT2D eigenvalue weighted by molar-refractivity contribution is -0.0782. The summed E-state index contributed by atoms with van der Waals surface area (Å²) in [5.41, 5.74) is 6.11. The molecule has 2 atom stereocenters. The fourth-order valence-electron chi connectivity index (χ4n) is 4.12. The number of hydrogen-bond acceptors (Lipinski definition) is 3. The molecule has 0 radical (unpaired) electrons. The molecule has 1 heterocycles. The zero-order valence-corrected chi connectivity index (χ0v) is 13.4. The highest BCUT2D eigenvalue weighted by Crippen LogP contribution is 2.41. The summed E-state index contributed by atoms with van der Waals surface area (Å²) in [5, 5.41) is 0. The van der Waals surface area contributed by atoms with Crippen molar-refractivity contribution in [1.82, 2.24) is 4.90 Å². The Labute approximate surface area is 118 Å². The van der Waals surface area contributed by atoms with E-state index >= 15 is 0 Å². The molecule has 3 heteroatoms. The van der Waals surface area contributed by atoms with E-state index in [1.807, 2.05) is 0 Å². The second kappa shape index (κ2) is 5.34. The zero-order valence-electron chi connectivity index (χ0n) is 13.4. The van der Waals surface area contributed by atoms with Gasteiger partial charge in [0.2, 0.25) is 0 Å². The number of hydrogen-bond donors (Lipinski definition) is 1. The van der Waals surface area contributed by atoms with Crippen LogP contribution in [0.4, 0.5) is 0 Å². The van der Waals surface area contributed by atoms with E-state index in [2.05, 4.69) is 39.6 Å². The predicted octanol–water partition coefficient (Wildman–Crippen LogP) is 2.64. The smallest absolute Gasteiger partial charge is 0.0788 e. The van der Waals surface area contributed by atoms with Crippen LogP contribution in [0.15, 0.2) is 0 Å². The highest BCUT2D eigenvalue weighted by molar-refractivity contribution is 5.04. The third-order valence-electron chi connectivity index (χ3n) is 5.21. The summed E-state index contributed by atoms with van der Waals surface area (Å²) in [6.45, 7) is 10.9. The molecule has 2 rings (SSSR count). The summed E-state index contributed by atoms with van der Waals surface area (Å²) < 4.78 is 6.18. The number of rotatable bonds is 4. The molecule has 3 nitrogen and oxygen atoms in total. The van der Waals surface area contributed by atoms with Crippen LogP contribution in [0.5, 0.6) is 0 Å². The van der Waals surface area contributed by atoms with Gasteiger partial charge in [0.05, 0.1) is 11.2 Å². The van der Waals surface area contributed by atoms with Crippen molar-refractivity contribution >= 4 is 0 Å². The van der Waals surface area contributed by atoms with Gasteiger partial charge in [0.25, 0.3) is 0 Å². The molecule has 0 aromatic heterocycles. The van der Waals surface area contributed by atoms with Gasteiger partial charge >= 0.3 is 0 Å². The fraction of sp³-hybridized carbons (Fsp3) is 1.00. The van der Waals surface area contributed by atoms with Gasteiger partial charge in [-0.05, 0) is 53.5 Å². The van der Waals surface area contributed by atoms with E-state index in [0.717, 1.165) is 12.5 Å². The van der Waals surface area contributed by atoms with Crippen molar-refractivity contribution in [2.45, 2.75) is 70.6 Å². The van der Waals surface area contributed by atoms with Gasteiger partial charge in [0.15, 0.2) is 0 Å². The van der Waals surface area contributed by atoms with Crippen LogP contribution >= 0.6 is 0 Å². The molecule has 2 aliphatic rings. The number of ether oxygens (including phenoxy) is 1. The normalized spacial score (nSPS) is 34.3. The summed E-state index contributed by atoms with van der Waals surface area (Å²) in [6, 6.07) is 0.119. The predicted molar refractivity (Wildman–Crippen MR) is 80.2 cm³/mol. The summed E-state index contributed by atoms with van der Waals surface area (Å²) >= 11 is 0. The number of nitrogens with zero attached hydrogens (tertiary/aromatic N) is 1.